The highest BCUT2D eigenvalue weighted by atomic mass is 15.2. The summed E-state index contributed by atoms with van der Waals surface area (Å²) in [5, 5.41) is 6.74. The number of allylic oxidation sites excluding steroid dienone is 1. The average Bonchev–Trinajstić information content (AvgIpc) is 2.38. The quantitative estimate of drug-likeness (QED) is 0.610. The summed E-state index contributed by atoms with van der Waals surface area (Å²) in [7, 11) is 4.34. The van der Waals surface area contributed by atoms with Crippen molar-refractivity contribution in [1.82, 2.24) is 15.5 Å². The first-order valence-electron chi connectivity index (χ1n) is 7.53. The Morgan fingerprint density at radius 1 is 1.35 bits per heavy atom. The predicted octanol–water partition coefficient (Wildman–Crippen LogP) is 1.73. The van der Waals surface area contributed by atoms with Gasteiger partial charge < -0.3 is 15.5 Å². The minimum Gasteiger partial charge on any atom is -0.364 e. The van der Waals surface area contributed by atoms with Crippen LogP contribution in [0.3, 0.4) is 0 Å². The van der Waals surface area contributed by atoms with E-state index in [-0.39, 0.29) is 6.17 Å². The van der Waals surface area contributed by atoms with Crippen LogP contribution in [0.5, 0.6) is 0 Å². The molecule has 5 heteroatoms. The van der Waals surface area contributed by atoms with E-state index in [4.69, 9.17) is 0 Å². The van der Waals surface area contributed by atoms with Crippen molar-refractivity contribution in [2.75, 3.05) is 14.1 Å². The van der Waals surface area contributed by atoms with Gasteiger partial charge in [0.25, 0.3) is 0 Å². The van der Waals surface area contributed by atoms with Gasteiger partial charge in [0.1, 0.15) is 6.17 Å². The molecule has 1 atom stereocenters. The van der Waals surface area contributed by atoms with E-state index in [1.807, 2.05) is 13.8 Å². The van der Waals surface area contributed by atoms with E-state index in [0.29, 0.717) is 6.04 Å². The molecule has 5 nitrogen and oxygen atoms in total. The van der Waals surface area contributed by atoms with E-state index in [9.17, 15) is 0 Å². The largest absolute Gasteiger partial charge is 0.364 e. The van der Waals surface area contributed by atoms with Crippen molar-refractivity contribution < 1.29 is 0 Å². The fourth-order valence-electron chi connectivity index (χ4n) is 2.81. The van der Waals surface area contributed by atoms with Crippen molar-refractivity contribution in [1.29, 1.82) is 0 Å². The van der Waals surface area contributed by atoms with Crippen LogP contribution in [0.1, 0.15) is 39.5 Å². The fourth-order valence-corrected chi connectivity index (χ4v) is 2.81. The normalized spacial score (nSPS) is 30.9. The minimum atomic E-state index is 0.0827. The Morgan fingerprint density at radius 3 is 2.50 bits per heavy atom. The van der Waals surface area contributed by atoms with Gasteiger partial charge in [0.2, 0.25) is 5.96 Å². The van der Waals surface area contributed by atoms with Crippen LogP contribution in [0.25, 0.3) is 0 Å². The van der Waals surface area contributed by atoms with Crippen molar-refractivity contribution in [3.05, 3.63) is 11.8 Å². The molecule has 0 bridgehead atoms. The van der Waals surface area contributed by atoms with Crippen molar-refractivity contribution in [3.8, 4) is 0 Å². The SMILES string of the molecule is CC=NC(=NC1C=C(C)N1)NC1CCC(N(C)C)CC1. The van der Waals surface area contributed by atoms with Gasteiger partial charge in [-0.15, -0.1) is 0 Å². The molecular formula is C15H27N5. The molecule has 2 N–H and O–H groups in total. The van der Waals surface area contributed by atoms with Gasteiger partial charge in [-0.2, -0.15) is 0 Å². The highest BCUT2D eigenvalue weighted by Gasteiger charge is 2.23. The lowest BCUT2D eigenvalue weighted by Gasteiger charge is -2.33. The smallest absolute Gasteiger partial charge is 0.220 e. The summed E-state index contributed by atoms with van der Waals surface area (Å²) >= 11 is 0. The molecule has 1 aliphatic heterocycles. The van der Waals surface area contributed by atoms with Crippen LogP contribution in [0.2, 0.25) is 0 Å². The summed E-state index contributed by atoms with van der Waals surface area (Å²) in [6.07, 6.45) is 8.85. The van der Waals surface area contributed by atoms with Crippen LogP contribution < -0.4 is 10.6 Å². The first kappa shape index (κ1) is 15.0. The Balaban J connectivity index is 1.87. The maximum Gasteiger partial charge on any atom is 0.220 e. The highest BCUT2D eigenvalue weighted by molar-refractivity contribution is 5.87. The van der Waals surface area contributed by atoms with Crippen molar-refractivity contribution in [2.45, 2.75) is 57.8 Å². The number of hydrogen-bond donors (Lipinski definition) is 2. The molecular weight excluding hydrogens is 250 g/mol. The number of nitrogens with one attached hydrogen (secondary N) is 2. The predicted molar refractivity (Wildman–Crippen MR) is 85.1 cm³/mol. The van der Waals surface area contributed by atoms with Gasteiger partial charge in [0, 0.05) is 24.0 Å². The zero-order valence-corrected chi connectivity index (χ0v) is 13.1. The molecule has 20 heavy (non-hydrogen) atoms. The number of aliphatic imine (C=N–C) groups is 2. The molecule has 2 rings (SSSR count). The molecule has 1 fully saturated rings. The molecule has 0 aromatic rings. The van der Waals surface area contributed by atoms with Gasteiger partial charge in [-0.3, -0.25) is 0 Å². The Hall–Kier alpha value is -1.36. The second-order valence-corrected chi connectivity index (χ2v) is 5.89. The number of rotatable bonds is 3. The molecule has 0 saturated heterocycles. The second-order valence-electron chi connectivity index (χ2n) is 5.89. The Bertz CT molecular complexity index is 402. The molecule has 2 aliphatic rings. The maximum atomic E-state index is 4.58. The third kappa shape index (κ3) is 4.07. The summed E-state index contributed by atoms with van der Waals surface area (Å²) in [6, 6.07) is 1.22. The van der Waals surface area contributed by atoms with E-state index in [1.54, 1.807) is 6.21 Å². The van der Waals surface area contributed by atoms with E-state index in [1.165, 1.54) is 31.4 Å². The van der Waals surface area contributed by atoms with Gasteiger partial charge in [0.05, 0.1) is 0 Å². The zero-order valence-electron chi connectivity index (χ0n) is 13.1. The summed E-state index contributed by atoms with van der Waals surface area (Å²) in [5.74, 6) is 0.752. The molecule has 1 heterocycles. The standard InChI is InChI=1S/C15H27N5/c1-5-16-15(19-14-10-11(2)17-14)18-12-6-8-13(9-7-12)20(3)4/h5,10,12-14,17H,6-9H2,1-4H3,(H,18,19). The van der Waals surface area contributed by atoms with Gasteiger partial charge >= 0.3 is 0 Å². The minimum absolute atomic E-state index is 0.0827. The zero-order chi connectivity index (χ0) is 14.5. The lowest BCUT2D eigenvalue weighted by Crippen LogP contribution is -2.43. The van der Waals surface area contributed by atoms with Crippen molar-refractivity contribution in [2.24, 2.45) is 9.98 Å². The number of guanidine groups is 1. The van der Waals surface area contributed by atoms with E-state index in [2.05, 4.69) is 45.7 Å². The van der Waals surface area contributed by atoms with Gasteiger partial charge in [0.15, 0.2) is 0 Å². The molecule has 1 aliphatic carbocycles. The van der Waals surface area contributed by atoms with Gasteiger partial charge in [-0.1, -0.05) is 0 Å². The molecule has 112 valence electrons. The Labute approximate surface area is 122 Å². The van der Waals surface area contributed by atoms with Crippen LogP contribution in [0.4, 0.5) is 0 Å². The molecule has 0 aromatic heterocycles. The molecule has 0 amide bonds. The molecule has 1 saturated carbocycles. The van der Waals surface area contributed by atoms with Crippen LogP contribution >= 0.6 is 0 Å². The molecule has 0 aromatic carbocycles. The highest BCUT2D eigenvalue weighted by Crippen LogP contribution is 2.21. The fraction of sp³-hybridized carbons (Fsp3) is 0.733. The van der Waals surface area contributed by atoms with Crippen LogP contribution in [0, 0.1) is 0 Å². The molecule has 1 unspecified atom stereocenters. The topological polar surface area (TPSA) is 52.0 Å². The monoisotopic (exact) mass is 277 g/mol. The Kier molecular flexibility index (Phi) is 5.17. The molecule has 0 spiro atoms. The van der Waals surface area contributed by atoms with Crippen LogP contribution in [0.15, 0.2) is 21.8 Å². The van der Waals surface area contributed by atoms with Crippen molar-refractivity contribution in [3.63, 3.8) is 0 Å². The summed E-state index contributed by atoms with van der Waals surface area (Å²) in [6.45, 7) is 3.97. The van der Waals surface area contributed by atoms with E-state index < -0.39 is 0 Å². The summed E-state index contributed by atoms with van der Waals surface area (Å²) in [5.41, 5.74) is 1.19. The average molecular weight is 277 g/mol. The second kappa shape index (κ2) is 6.88. The van der Waals surface area contributed by atoms with Crippen molar-refractivity contribution >= 4 is 12.2 Å². The number of nitrogens with zero attached hydrogens (tertiary/aromatic N) is 3. The van der Waals surface area contributed by atoms with E-state index >= 15 is 0 Å². The lowest BCUT2D eigenvalue weighted by molar-refractivity contribution is 0.211. The van der Waals surface area contributed by atoms with Crippen LogP contribution in [-0.4, -0.2) is 49.4 Å². The van der Waals surface area contributed by atoms with Gasteiger partial charge in [-0.05, 0) is 59.7 Å². The number of hydrogen-bond acceptors (Lipinski definition) is 3. The van der Waals surface area contributed by atoms with Gasteiger partial charge in [-0.25, -0.2) is 9.98 Å². The summed E-state index contributed by atoms with van der Waals surface area (Å²) in [4.78, 5) is 11.3. The first-order chi connectivity index (χ1) is 9.58. The first-order valence-corrected chi connectivity index (χ1v) is 7.53. The van der Waals surface area contributed by atoms with E-state index in [0.717, 1.165) is 12.0 Å². The lowest BCUT2D eigenvalue weighted by atomic mass is 9.90. The summed E-state index contributed by atoms with van der Waals surface area (Å²) < 4.78 is 0. The maximum absolute atomic E-state index is 4.58. The molecule has 0 radical (unpaired) electrons. The Morgan fingerprint density at radius 2 is 2.00 bits per heavy atom. The third-order valence-electron chi connectivity index (χ3n) is 4.06. The van der Waals surface area contributed by atoms with Crippen LogP contribution in [-0.2, 0) is 0 Å². The third-order valence-corrected chi connectivity index (χ3v) is 4.06.